The number of carbonyl (C=O) groups is 2. The van der Waals surface area contributed by atoms with E-state index in [-0.39, 0.29) is 5.91 Å². The molecule has 0 aliphatic carbocycles. The van der Waals surface area contributed by atoms with Gasteiger partial charge in [0.05, 0.1) is 13.7 Å². The third kappa shape index (κ3) is 6.55. The van der Waals surface area contributed by atoms with Gasteiger partial charge in [0.2, 0.25) is 12.3 Å². The molecule has 0 bridgehead atoms. The molecule has 1 unspecified atom stereocenters. The van der Waals surface area contributed by atoms with E-state index in [2.05, 4.69) is 10.0 Å². The van der Waals surface area contributed by atoms with Crippen molar-refractivity contribution in [1.29, 1.82) is 0 Å². The summed E-state index contributed by atoms with van der Waals surface area (Å²) < 4.78 is 25.9. The van der Waals surface area contributed by atoms with Crippen LogP contribution in [-0.4, -0.2) is 50.7 Å². The highest BCUT2D eigenvalue weighted by Crippen LogP contribution is 2.43. The predicted molar refractivity (Wildman–Crippen MR) is 150 cm³/mol. The van der Waals surface area contributed by atoms with Crippen molar-refractivity contribution in [2.24, 2.45) is 0 Å². The lowest BCUT2D eigenvalue weighted by molar-refractivity contribution is -0.116. The number of hydrogen-bond donors (Lipinski definition) is 2. The van der Waals surface area contributed by atoms with Crippen LogP contribution in [-0.2, 0) is 30.7 Å². The average Bonchev–Trinajstić information content (AvgIpc) is 2.87. The summed E-state index contributed by atoms with van der Waals surface area (Å²) in [6.45, 7) is 4.51. The SMILES string of the molecule is CNC(=O)/C=C\N(C=O)c1cc(-c2ccc3cc(NS(C)=O)ccc3c2)c(OC)c(C(C)(C)COC)c1. The Bertz CT molecular complexity index is 1350. The number of rotatable bonds is 11. The minimum atomic E-state index is -1.17. The zero-order chi connectivity index (χ0) is 27.2. The highest BCUT2D eigenvalue weighted by atomic mass is 32.2. The molecule has 0 saturated heterocycles. The van der Waals surface area contributed by atoms with Crippen LogP contribution < -0.4 is 19.7 Å². The molecule has 37 heavy (non-hydrogen) atoms. The molecular formula is C28H33N3O5S. The van der Waals surface area contributed by atoms with Crippen molar-refractivity contribution in [1.82, 2.24) is 5.32 Å². The van der Waals surface area contributed by atoms with E-state index in [9.17, 15) is 13.8 Å². The fourth-order valence-corrected chi connectivity index (χ4v) is 4.65. The number of hydrogen-bond acceptors (Lipinski definition) is 5. The van der Waals surface area contributed by atoms with Crippen LogP contribution in [0.25, 0.3) is 21.9 Å². The Labute approximate surface area is 220 Å². The summed E-state index contributed by atoms with van der Waals surface area (Å²) in [6, 6.07) is 15.6. The average molecular weight is 524 g/mol. The molecule has 0 spiro atoms. The summed E-state index contributed by atoms with van der Waals surface area (Å²) in [4.78, 5) is 25.2. The molecule has 9 heteroatoms. The number of methoxy groups -OCH3 is 2. The van der Waals surface area contributed by atoms with Gasteiger partial charge in [-0.1, -0.05) is 32.0 Å². The first-order chi connectivity index (χ1) is 17.6. The maximum absolute atomic E-state index is 12.0. The summed E-state index contributed by atoms with van der Waals surface area (Å²) in [5, 5.41) is 4.48. The standard InChI is InChI=1S/C28H33N3O5S/c1-28(2,17-35-4)25-16-23(31(18-32)12-11-26(33)29-3)15-24(27(25)36-5)21-8-7-20-14-22(30-37(6)34)10-9-19(20)13-21/h7-16,18,30H,17H2,1-6H3,(H,29,33)/b12-11-. The second kappa shape index (κ2) is 12.0. The van der Waals surface area contributed by atoms with Crippen LogP contribution in [0.1, 0.15) is 19.4 Å². The van der Waals surface area contributed by atoms with E-state index in [1.807, 2.05) is 62.4 Å². The smallest absolute Gasteiger partial charge is 0.245 e. The zero-order valence-corrected chi connectivity index (χ0v) is 22.8. The van der Waals surface area contributed by atoms with Crippen LogP contribution in [0.15, 0.2) is 60.8 Å². The minimum Gasteiger partial charge on any atom is -0.496 e. The highest BCUT2D eigenvalue weighted by molar-refractivity contribution is 7.85. The maximum Gasteiger partial charge on any atom is 0.245 e. The molecule has 3 aromatic rings. The monoisotopic (exact) mass is 523 g/mol. The van der Waals surface area contributed by atoms with Gasteiger partial charge >= 0.3 is 0 Å². The van der Waals surface area contributed by atoms with Gasteiger partial charge in [0.15, 0.2) is 0 Å². The van der Waals surface area contributed by atoms with Crippen LogP contribution in [0.2, 0.25) is 0 Å². The van der Waals surface area contributed by atoms with Gasteiger partial charge in [0.1, 0.15) is 16.7 Å². The molecule has 0 aliphatic rings. The van der Waals surface area contributed by atoms with Crippen molar-refractivity contribution >= 4 is 45.5 Å². The molecule has 2 N–H and O–H groups in total. The highest BCUT2D eigenvalue weighted by Gasteiger charge is 2.28. The molecule has 0 heterocycles. The minimum absolute atomic E-state index is 0.323. The molecule has 8 nitrogen and oxygen atoms in total. The van der Waals surface area contributed by atoms with Gasteiger partial charge in [0, 0.05) is 60.6 Å². The van der Waals surface area contributed by atoms with Gasteiger partial charge in [-0.15, -0.1) is 0 Å². The van der Waals surface area contributed by atoms with E-state index in [0.717, 1.165) is 33.2 Å². The first kappa shape index (κ1) is 27.9. The number of carbonyl (C=O) groups excluding carboxylic acids is 2. The second-order valence-electron chi connectivity index (χ2n) is 9.17. The van der Waals surface area contributed by atoms with Crippen LogP contribution in [0, 0.1) is 0 Å². The molecule has 196 valence electrons. The Morgan fingerprint density at radius 2 is 1.78 bits per heavy atom. The van der Waals surface area contributed by atoms with Crippen LogP contribution in [0.5, 0.6) is 5.75 Å². The predicted octanol–water partition coefficient (Wildman–Crippen LogP) is 4.37. The third-order valence-corrected chi connectivity index (χ3v) is 6.49. The molecule has 0 aliphatic heterocycles. The summed E-state index contributed by atoms with van der Waals surface area (Å²) in [6.07, 6.45) is 4.97. The summed E-state index contributed by atoms with van der Waals surface area (Å²) >= 11 is 0. The second-order valence-corrected chi connectivity index (χ2v) is 10.3. The largest absolute Gasteiger partial charge is 0.496 e. The summed E-state index contributed by atoms with van der Waals surface area (Å²) in [5.74, 6) is 0.349. The van der Waals surface area contributed by atoms with E-state index in [0.29, 0.717) is 24.5 Å². The van der Waals surface area contributed by atoms with Crippen molar-refractivity contribution in [3.05, 3.63) is 66.4 Å². The van der Waals surface area contributed by atoms with Gasteiger partial charge in [-0.3, -0.25) is 14.5 Å². The zero-order valence-electron chi connectivity index (χ0n) is 22.0. The quantitative estimate of drug-likeness (QED) is 0.287. The Morgan fingerprint density at radius 1 is 1.08 bits per heavy atom. The van der Waals surface area contributed by atoms with Crippen molar-refractivity contribution in [2.75, 3.05) is 43.8 Å². The summed E-state index contributed by atoms with van der Waals surface area (Å²) in [5.41, 5.74) is 3.44. The maximum atomic E-state index is 12.0. The topological polar surface area (TPSA) is 97.0 Å². The fraction of sp³-hybridized carbons (Fsp3) is 0.286. The molecule has 0 fully saturated rings. The van der Waals surface area contributed by atoms with Crippen molar-refractivity contribution in [3.63, 3.8) is 0 Å². The molecule has 2 amide bonds. The number of nitrogens with one attached hydrogen (secondary N) is 2. The molecule has 0 radical (unpaired) electrons. The van der Waals surface area contributed by atoms with Crippen LogP contribution in [0.4, 0.5) is 11.4 Å². The molecule has 0 saturated carbocycles. The number of likely N-dealkylation sites (N-methyl/N-ethyl adjacent to an activating group) is 1. The van der Waals surface area contributed by atoms with Crippen molar-refractivity contribution in [3.8, 4) is 16.9 Å². The number of benzene rings is 3. The number of fused-ring (bicyclic) bond motifs is 1. The first-order valence-electron chi connectivity index (χ1n) is 11.6. The van der Waals surface area contributed by atoms with Crippen molar-refractivity contribution in [2.45, 2.75) is 19.3 Å². The summed E-state index contributed by atoms with van der Waals surface area (Å²) in [7, 11) is 3.62. The van der Waals surface area contributed by atoms with Gasteiger partial charge in [0.25, 0.3) is 0 Å². The number of amides is 2. The normalized spacial score (nSPS) is 12.4. The van der Waals surface area contributed by atoms with E-state index in [1.54, 1.807) is 20.5 Å². The van der Waals surface area contributed by atoms with Crippen molar-refractivity contribution < 1.29 is 23.3 Å². The number of ether oxygens (including phenoxy) is 2. The van der Waals surface area contributed by atoms with Gasteiger partial charge in [-0.05, 0) is 46.7 Å². The van der Waals surface area contributed by atoms with Gasteiger partial charge in [-0.2, -0.15) is 0 Å². The lowest BCUT2D eigenvalue weighted by Gasteiger charge is -2.29. The van der Waals surface area contributed by atoms with Gasteiger partial charge < -0.3 is 19.5 Å². The number of nitrogens with zero attached hydrogens (tertiary/aromatic N) is 1. The Balaban J connectivity index is 2.23. The van der Waals surface area contributed by atoms with Gasteiger partial charge in [-0.25, -0.2) is 4.21 Å². The lowest BCUT2D eigenvalue weighted by atomic mass is 9.82. The van der Waals surface area contributed by atoms with E-state index in [4.69, 9.17) is 9.47 Å². The molecule has 3 aromatic carbocycles. The molecule has 3 rings (SSSR count). The fourth-order valence-electron chi connectivity index (χ4n) is 4.19. The lowest BCUT2D eigenvalue weighted by Crippen LogP contribution is -2.25. The Morgan fingerprint density at radius 3 is 2.41 bits per heavy atom. The molecule has 1 atom stereocenters. The molecule has 0 aromatic heterocycles. The van der Waals surface area contributed by atoms with Crippen LogP contribution in [0.3, 0.4) is 0 Å². The molecular weight excluding hydrogens is 490 g/mol. The first-order valence-corrected chi connectivity index (χ1v) is 13.2. The Hall–Kier alpha value is -3.69. The van der Waals surface area contributed by atoms with Crippen LogP contribution >= 0.6 is 0 Å². The number of anilines is 2. The van der Waals surface area contributed by atoms with E-state index >= 15 is 0 Å². The third-order valence-electron chi connectivity index (χ3n) is 5.97. The van der Waals surface area contributed by atoms with E-state index < -0.39 is 16.4 Å². The Kier molecular flexibility index (Phi) is 9.07. The van der Waals surface area contributed by atoms with E-state index in [1.165, 1.54) is 24.2 Å².